The Kier molecular flexibility index (Phi) is 7.16. The van der Waals surface area contributed by atoms with Gasteiger partial charge in [-0.3, -0.25) is 4.79 Å². The summed E-state index contributed by atoms with van der Waals surface area (Å²) in [5.41, 5.74) is 3.32. The molecule has 0 radical (unpaired) electrons. The average Bonchev–Trinajstić information content (AvgIpc) is 3.05. The summed E-state index contributed by atoms with van der Waals surface area (Å²) in [4.78, 5) is 15.6. The first kappa shape index (κ1) is 27.6. The van der Waals surface area contributed by atoms with Gasteiger partial charge < -0.3 is 14.7 Å². The van der Waals surface area contributed by atoms with Gasteiger partial charge in [0, 0.05) is 29.1 Å². The maximum atomic E-state index is 13.2. The molecule has 1 spiro atoms. The number of nitrogens with zero attached hydrogens (tertiary/aromatic N) is 1. The van der Waals surface area contributed by atoms with E-state index in [1.807, 2.05) is 6.07 Å². The van der Waals surface area contributed by atoms with Gasteiger partial charge in [0.2, 0.25) is 10.0 Å². The zero-order valence-corrected chi connectivity index (χ0v) is 24.5. The van der Waals surface area contributed by atoms with Crippen LogP contribution in [0.15, 0.2) is 48.6 Å². The number of aliphatic hydroxyl groups excluding tert-OH is 1. The van der Waals surface area contributed by atoms with Gasteiger partial charge in [0.05, 0.1) is 23.6 Å². The number of anilines is 1. The molecule has 6 rings (SSSR count). The number of ether oxygens (including phenoxy) is 1. The van der Waals surface area contributed by atoms with Crippen LogP contribution in [0.4, 0.5) is 5.69 Å². The number of hydrogen-bond donors (Lipinski definition) is 2. The number of carbonyl (C=O) groups excluding carboxylic acids is 1. The molecule has 2 heterocycles. The van der Waals surface area contributed by atoms with Gasteiger partial charge in [-0.2, -0.15) is 0 Å². The third kappa shape index (κ3) is 4.92. The highest BCUT2D eigenvalue weighted by atomic mass is 35.5. The fourth-order valence-corrected chi connectivity index (χ4v) is 8.37. The second kappa shape index (κ2) is 10.4. The second-order valence-corrected chi connectivity index (χ2v) is 14.7. The van der Waals surface area contributed by atoms with E-state index in [0.717, 1.165) is 42.8 Å². The maximum Gasteiger partial charge on any atom is 0.264 e. The van der Waals surface area contributed by atoms with E-state index < -0.39 is 27.3 Å². The minimum Gasteiger partial charge on any atom is -0.490 e. The fraction of sp³-hybridized carbons (Fsp3) is 0.516. The molecular weight excluding hydrogens is 548 g/mol. The lowest BCUT2D eigenvalue weighted by atomic mass is 9.68. The van der Waals surface area contributed by atoms with Crippen LogP contribution in [-0.2, 0) is 21.9 Å². The molecule has 4 aliphatic rings. The van der Waals surface area contributed by atoms with Crippen molar-refractivity contribution in [3.8, 4) is 5.75 Å². The summed E-state index contributed by atoms with van der Waals surface area (Å²) < 4.78 is 35.0. The molecule has 9 heteroatoms. The number of aliphatic hydroxyl groups is 1. The second-order valence-electron chi connectivity index (χ2n) is 12.2. The summed E-state index contributed by atoms with van der Waals surface area (Å²) in [6, 6.07) is 11.3. The highest BCUT2D eigenvalue weighted by Gasteiger charge is 2.44. The van der Waals surface area contributed by atoms with E-state index in [-0.39, 0.29) is 28.7 Å². The molecule has 0 aromatic heterocycles. The number of allylic oxidation sites excluding steroid dienone is 1. The van der Waals surface area contributed by atoms with Crippen molar-refractivity contribution in [3.63, 3.8) is 0 Å². The predicted molar refractivity (Wildman–Crippen MR) is 157 cm³/mol. The van der Waals surface area contributed by atoms with Crippen LogP contribution in [0.2, 0.25) is 5.02 Å². The third-order valence-electron chi connectivity index (χ3n) is 9.75. The monoisotopic (exact) mass is 584 g/mol. The average molecular weight is 585 g/mol. The van der Waals surface area contributed by atoms with E-state index in [4.69, 9.17) is 16.3 Å². The van der Waals surface area contributed by atoms with Crippen molar-refractivity contribution in [1.29, 1.82) is 0 Å². The number of rotatable bonds is 0. The van der Waals surface area contributed by atoms with Gasteiger partial charge in [-0.1, -0.05) is 36.7 Å². The maximum absolute atomic E-state index is 13.2. The van der Waals surface area contributed by atoms with Crippen molar-refractivity contribution in [2.45, 2.75) is 62.7 Å². The molecular formula is C31H37ClN2O5S. The Hall–Kier alpha value is -2.55. The molecule has 0 saturated heterocycles. The molecule has 1 fully saturated rings. The molecule has 6 atom stereocenters. The Morgan fingerprint density at radius 3 is 2.73 bits per heavy atom. The number of sulfonamides is 1. The van der Waals surface area contributed by atoms with E-state index in [0.29, 0.717) is 25.4 Å². The van der Waals surface area contributed by atoms with Gasteiger partial charge in [-0.05, 0) is 98.2 Å². The SMILES string of the molecule is C[C@H]1/C=C/C(O)C2CCC2CN2CC3(CCCc4cc(Cl)ccc43)COc3ccc(cc32)C(=O)NS(=O)(=O)[C@H]1C. The summed E-state index contributed by atoms with van der Waals surface area (Å²) in [6.45, 7) is 5.29. The molecule has 214 valence electrons. The zero-order valence-electron chi connectivity index (χ0n) is 23.0. The minimum atomic E-state index is -3.95. The smallest absolute Gasteiger partial charge is 0.264 e. The van der Waals surface area contributed by atoms with Gasteiger partial charge >= 0.3 is 0 Å². The Balaban J connectivity index is 1.44. The van der Waals surface area contributed by atoms with Crippen LogP contribution in [0.25, 0.3) is 0 Å². The summed E-state index contributed by atoms with van der Waals surface area (Å²) in [7, 11) is -3.95. The van der Waals surface area contributed by atoms with Gasteiger partial charge in [-0.25, -0.2) is 13.1 Å². The van der Waals surface area contributed by atoms with Crippen LogP contribution in [0, 0.1) is 17.8 Å². The van der Waals surface area contributed by atoms with Crippen LogP contribution in [0.3, 0.4) is 0 Å². The number of fused-ring (bicyclic) bond motifs is 4. The first-order chi connectivity index (χ1) is 19.1. The normalized spacial score (nSPS) is 34.0. The summed E-state index contributed by atoms with van der Waals surface area (Å²) in [5, 5.41) is 11.0. The number of carbonyl (C=O) groups is 1. The Morgan fingerprint density at radius 2 is 1.95 bits per heavy atom. The van der Waals surface area contributed by atoms with Crippen molar-refractivity contribution in [2.75, 3.05) is 24.6 Å². The summed E-state index contributed by atoms with van der Waals surface area (Å²) in [5.74, 6) is -0.00460. The Bertz CT molecular complexity index is 1460. The van der Waals surface area contributed by atoms with Crippen LogP contribution in [0.5, 0.6) is 5.75 Å². The molecule has 40 heavy (non-hydrogen) atoms. The lowest BCUT2D eigenvalue weighted by Gasteiger charge is -2.45. The number of benzene rings is 2. The lowest BCUT2D eigenvalue weighted by Crippen LogP contribution is -2.49. The fourth-order valence-electron chi connectivity index (χ4n) is 6.96. The van der Waals surface area contributed by atoms with Crippen LogP contribution >= 0.6 is 11.6 Å². The van der Waals surface area contributed by atoms with E-state index in [1.54, 1.807) is 44.2 Å². The van der Waals surface area contributed by atoms with Gasteiger partial charge in [0.25, 0.3) is 5.91 Å². The molecule has 7 nitrogen and oxygen atoms in total. The van der Waals surface area contributed by atoms with Crippen molar-refractivity contribution in [1.82, 2.24) is 4.72 Å². The first-order valence-electron chi connectivity index (χ1n) is 14.3. The van der Waals surface area contributed by atoms with Crippen molar-refractivity contribution >= 4 is 33.2 Å². The third-order valence-corrected chi connectivity index (χ3v) is 11.9. The van der Waals surface area contributed by atoms with Crippen molar-refractivity contribution in [2.24, 2.45) is 17.8 Å². The van der Waals surface area contributed by atoms with Crippen LogP contribution in [-0.4, -0.2) is 50.5 Å². The van der Waals surface area contributed by atoms with Crippen molar-refractivity contribution < 1.29 is 23.1 Å². The van der Waals surface area contributed by atoms with Crippen molar-refractivity contribution in [3.05, 3.63) is 70.3 Å². The highest BCUT2D eigenvalue weighted by Crippen LogP contribution is 2.46. The van der Waals surface area contributed by atoms with E-state index in [2.05, 4.69) is 21.8 Å². The number of aryl methyl sites for hydroxylation is 1. The predicted octanol–water partition coefficient (Wildman–Crippen LogP) is 4.85. The van der Waals surface area contributed by atoms with Gasteiger partial charge in [0.15, 0.2) is 0 Å². The summed E-state index contributed by atoms with van der Waals surface area (Å²) >= 11 is 6.37. The standard InChI is InChI=1S/C31H37ClN2O5S/c1-19-5-11-28(35)25-9-6-23(25)16-34-17-31(13-3-4-21-14-24(32)8-10-26(21)31)18-39-29-12-7-22(15-27(29)34)30(36)33-40(37,38)20(19)2/h5,7-8,10-12,14-15,19-20,23,25,28,35H,3-4,6,9,13,16-18H2,1-2H3,(H,33,36)/b11-5+/t19-,20-,23?,25?,28?,31?/m0/s1. The number of amides is 1. The van der Waals surface area contributed by atoms with Gasteiger partial charge in [-0.15, -0.1) is 0 Å². The number of nitrogens with one attached hydrogen (secondary N) is 1. The highest BCUT2D eigenvalue weighted by molar-refractivity contribution is 7.90. The molecule has 2 aliphatic heterocycles. The summed E-state index contributed by atoms with van der Waals surface area (Å²) in [6.07, 6.45) is 7.75. The number of halogens is 1. The molecule has 2 aliphatic carbocycles. The van der Waals surface area contributed by atoms with Crippen LogP contribution in [0.1, 0.15) is 61.0 Å². The molecule has 1 amide bonds. The van der Waals surface area contributed by atoms with Crippen LogP contribution < -0.4 is 14.4 Å². The Labute approximate surface area is 241 Å². The molecule has 2 bridgehead atoms. The molecule has 2 N–H and O–H groups in total. The largest absolute Gasteiger partial charge is 0.490 e. The quantitative estimate of drug-likeness (QED) is 0.430. The molecule has 2 aromatic rings. The minimum absolute atomic E-state index is 0.0875. The molecule has 1 saturated carbocycles. The van der Waals surface area contributed by atoms with Gasteiger partial charge in [0.1, 0.15) is 5.75 Å². The Morgan fingerprint density at radius 1 is 1.12 bits per heavy atom. The lowest BCUT2D eigenvalue weighted by molar-refractivity contribution is 0.0454. The molecule has 4 unspecified atom stereocenters. The number of hydrogen-bond acceptors (Lipinski definition) is 6. The van der Waals surface area contributed by atoms with E-state index in [9.17, 15) is 18.3 Å². The zero-order chi connectivity index (χ0) is 28.2. The van der Waals surface area contributed by atoms with E-state index in [1.165, 1.54) is 11.1 Å². The van der Waals surface area contributed by atoms with E-state index >= 15 is 0 Å². The first-order valence-corrected chi connectivity index (χ1v) is 16.2. The topological polar surface area (TPSA) is 95.9 Å². The molecule has 2 aromatic carbocycles.